The van der Waals surface area contributed by atoms with Crippen molar-refractivity contribution >= 4 is 17.7 Å². The zero-order chi connectivity index (χ0) is 15.4. The summed E-state index contributed by atoms with van der Waals surface area (Å²) < 4.78 is 0. The predicted molar refractivity (Wildman–Crippen MR) is 78.4 cm³/mol. The minimum Gasteiger partial charge on any atom is -0.345 e. The van der Waals surface area contributed by atoms with Crippen molar-refractivity contribution in [2.45, 2.75) is 57.5 Å². The van der Waals surface area contributed by atoms with E-state index >= 15 is 0 Å². The lowest BCUT2D eigenvalue weighted by Crippen LogP contribution is -2.46. The highest BCUT2D eigenvalue weighted by Crippen LogP contribution is 2.27. The van der Waals surface area contributed by atoms with Crippen molar-refractivity contribution in [1.29, 1.82) is 0 Å². The molecule has 118 valence electrons. The number of amides is 3. The topological polar surface area (TPSA) is 69.7 Å². The summed E-state index contributed by atoms with van der Waals surface area (Å²) in [5.74, 6) is -0.312. The second-order valence-corrected chi connectivity index (χ2v) is 5.94. The van der Waals surface area contributed by atoms with Crippen molar-refractivity contribution in [2.24, 2.45) is 0 Å². The van der Waals surface area contributed by atoms with E-state index in [-0.39, 0.29) is 36.7 Å². The molecule has 1 heterocycles. The number of carbonyl (C=O) groups excluding carboxylic acids is 3. The highest BCUT2D eigenvalue weighted by Gasteiger charge is 2.42. The molecule has 0 aromatic carbocycles. The molecule has 0 bridgehead atoms. The molecule has 1 atom stereocenters. The number of hydrogen-bond donors (Lipinski definition) is 1. The van der Waals surface area contributed by atoms with Gasteiger partial charge >= 0.3 is 0 Å². The fourth-order valence-corrected chi connectivity index (χ4v) is 3.06. The molecule has 1 aliphatic carbocycles. The third kappa shape index (κ3) is 3.61. The van der Waals surface area contributed by atoms with Crippen LogP contribution < -0.4 is 5.32 Å². The van der Waals surface area contributed by atoms with Crippen LogP contribution in [0.25, 0.3) is 0 Å². The molecule has 21 heavy (non-hydrogen) atoms. The van der Waals surface area contributed by atoms with E-state index in [0.717, 1.165) is 25.7 Å². The fourth-order valence-electron chi connectivity index (χ4n) is 3.06. The van der Waals surface area contributed by atoms with E-state index in [4.69, 9.17) is 0 Å². The molecular formula is C15H25N3O3. The van der Waals surface area contributed by atoms with Crippen LogP contribution in [0.15, 0.2) is 0 Å². The SMILES string of the molecule is CCN(C)C(=O)CNC1CC(=O)N(C2CCCCC2)C1=O. The molecule has 2 rings (SSSR count). The highest BCUT2D eigenvalue weighted by atomic mass is 16.2. The Kier molecular flexibility index (Phi) is 5.33. The number of carbonyl (C=O) groups is 3. The summed E-state index contributed by atoms with van der Waals surface area (Å²) in [6, 6.07) is -0.465. The number of nitrogens with one attached hydrogen (secondary N) is 1. The Bertz CT molecular complexity index is 418. The van der Waals surface area contributed by atoms with Crippen molar-refractivity contribution in [3.8, 4) is 0 Å². The van der Waals surface area contributed by atoms with Crippen LogP contribution in [-0.2, 0) is 14.4 Å². The second-order valence-electron chi connectivity index (χ2n) is 5.94. The monoisotopic (exact) mass is 295 g/mol. The predicted octanol–water partition coefficient (Wildman–Crippen LogP) is 0.515. The Morgan fingerprint density at radius 2 is 1.95 bits per heavy atom. The minimum absolute atomic E-state index is 0.0612. The zero-order valence-corrected chi connectivity index (χ0v) is 12.9. The average Bonchev–Trinajstić information content (AvgIpc) is 2.79. The second kappa shape index (κ2) is 7.02. The number of likely N-dealkylation sites (N-methyl/N-ethyl adjacent to an activating group) is 1. The van der Waals surface area contributed by atoms with Crippen LogP contribution in [-0.4, -0.2) is 59.7 Å². The van der Waals surface area contributed by atoms with E-state index < -0.39 is 6.04 Å². The van der Waals surface area contributed by atoms with E-state index in [1.54, 1.807) is 11.9 Å². The maximum absolute atomic E-state index is 12.4. The molecule has 6 nitrogen and oxygen atoms in total. The summed E-state index contributed by atoms with van der Waals surface area (Å²) in [6.07, 6.45) is 5.37. The van der Waals surface area contributed by atoms with E-state index in [1.807, 2.05) is 6.92 Å². The fraction of sp³-hybridized carbons (Fsp3) is 0.800. The third-order valence-electron chi connectivity index (χ3n) is 4.52. The van der Waals surface area contributed by atoms with Gasteiger partial charge in [-0.15, -0.1) is 0 Å². The number of imide groups is 1. The van der Waals surface area contributed by atoms with Gasteiger partial charge in [-0.1, -0.05) is 19.3 Å². The van der Waals surface area contributed by atoms with E-state index in [1.165, 1.54) is 11.3 Å². The van der Waals surface area contributed by atoms with Crippen molar-refractivity contribution in [2.75, 3.05) is 20.1 Å². The molecule has 2 aliphatic rings. The van der Waals surface area contributed by atoms with Crippen molar-refractivity contribution in [3.63, 3.8) is 0 Å². The summed E-state index contributed by atoms with van der Waals surface area (Å²) in [5, 5.41) is 2.94. The average molecular weight is 295 g/mol. The Labute approximate surface area is 125 Å². The van der Waals surface area contributed by atoms with Gasteiger partial charge in [-0.05, 0) is 19.8 Å². The quantitative estimate of drug-likeness (QED) is 0.751. The van der Waals surface area contributed by atoms with Crippen LogP contribution in [0.4, 0.5) is 0 Å². The first-order valence-corrected chi connectivity index (χ1v) is 7.87. The molecule has 1 aliphatic heterocycles. The Morgan fingerprint density at radius 3 is 2.57 bits per heavy atom. The van der Waals surface area contributed by atoms with E-state index in [9.17, 15) is 14.4 Å². The molecule has 1 saturated carbocycles. The van der Waals surface area contributed by atoms with Gasteiger partial charge in [-0.2, -0.15) is 0 Å². The summed E-state index contributed by atoms with van der Waals surface area (Å²) in [5.41, 5.74) is 0. The van der Waals surface area contributed by atoms with Crippen LogP contribution in [0.2, 0.25) is 0 Å². The van der Waals surface area contributed by atoms with Gasteiger partial charge in [0.05, 0.1) is 19.0 Å². The number of hydrogen-bond acceptors (Lipinski definition) is 4. The zero-order valence-electron chi connectivity index (χ0n) is 12.9. The van der Waals surface area contributed by atoms with Gasteiger partial charge in [-0.3, -0.25) is 24.6 Å². The lowest BCUT2D eigenvalue weighted by Gasteiger charge is -2.29. The van der Waals surface area contributed by atoms with Gasteiger partial charge in [0.1, 0.15) is 0 Å². The standard InChI is InChI=1S/C15H25N3O3/c1-3-17(2)14(20)10-16-12-9-13(19)18(15(12)21)11-7-5-4-6-8-11/h11-12,16H,3-10H2,1-2H3. The van der Waals surface area contributed by atoms with E-state index in [0.29, 0.717) is 6.54 Å². The van der Waals surface area contributed by atoms with E-state index in [2.05, 4.69) is 5.32 Å². The minimum atomic E-state index is -0.534. The number of likely N-dealkylation sites (tertiary alicyclic amines) is 1. The summed E-state index contributed by atoms with van der Waals surface area (Å²) in [7, 11) is 1.72. The first kappa shape index (κ1) is 15.9. The summed E-state index contributed by atoms with van der Waals surface area (Å²) in [6.45, 7) is 2.63. The van der Waals surface area contributed by atoms with Gasteiger partial charge in [0.2, 0.25) is 17.7 Å². The Hall–Kier alpha value is -1.43. The number of nitrogens with zero attached hydrogens (tertiary/aromatic N) is 2. The van der Waals surface area contributed by atoms with Gasteiger partial charge < -0.3 is 4.90 Å². The Morgan fingerprint density at radius 1 is 1.29 bits per heavy atom. The lowest BCUT2D eigenvalue weighted by molar-refractivity contribution is -0.142. The molecule has 0 spiro atoms. The molecule has 0 radical (unpaired) electrons. The van der Waals surface area contributed by atoms with Crippen molar-refractivity contribution in [1.82, 2.24) is 15.1 Å². The summed E-state index contributed by atoms with van der Waals surface area (Å²) >= 11 is 0. The highest BCUT2D eigenvalue weighted by molar-refractivity contribution is 6.06. The molecule has 2 fully saturated rings. The van der Waals surface area contributed by atoms with Crippen LogP contribution in [0.3, 0.4) is 0 Å². The van der Waals surface area contributed by atoms with Crippen LogP contribution in [0.1, 0.15) is 45.4 Å². The first-order chi connectivity index (χ1) is 10.0. The normalized spacial score (nSPS) is 23.7. The lowest BCUT2D eigenvalue weighted by atomic mass is 9.94. The molecule has 1 saturated heterocycles. The van der Waals surface area contributed by atoms with Crippen LogP contribution in [0, 0.1) is 0 Å². The van der Waals surface area contributed by atoms with Gasteiger partial charge in [0.15, 0.2) is 0 Å². The molecule has 1 unspecified atom stereocenters. The third-order valence-corrected chi connectivity index (χ3v) is 4.52. The number of rotatable bonds is 5. The molecule has 0 aromatic rings. The maximum Gasteiger partial charge on any atom is 0.247 e. The van der Waals surface area contributed by atoms with Gasteiger partial charge in [0, 0.05) is 19.6 Å². The summed E-state index contributed by atoms with van der Waals surface area (Å²) in [4.78, 5) is 39.3. The largest absolute Gasteiger partial charge is 0.345 e. The molecule has 0 aromatic heterocycles. The van der Waals surface area contributed by atoms with Crippen LogP contribution >= 0.6 is 0 Å². The molecule has 1 N–H and O–H groups in total. The van der Waals surface area contributed by atoms with Crippen LogP contribution in [0.5, 0.6) is 0 Å². The van der Waals surface area contributed by atoms with Gasteiger partial charge in [0.25, 0.3) is 0 Å². The first-order valence-electron chi connectivity index (χ1n) is 7.87. The maximum atomic E-state index is 12.4. The molecule has 3 amide bonds. The van der Waals surface area contributed by atoms with Crippen molar-refractivity contribution < 1.29 is 14.4 Å². The smallest absolute Gasteiger partial charge is 0.247 e. The molecule has 6 heteroatoms. The Balaban J connectivity index is 1.90. The van der Waals surface area contributed by atoms with Crippen molar-refractivity contribution in [3.05, 3.63) is 0 Å². The molecular weight excluding hydrogens is 270 g/mol. The van der Waals surface area contributed by atoms with Gasteiger partial charge in [-0.25, -0.2) is 0 Å².